The molecule has 2 aliphatic rings. The van der Waals surface area contributed by atoms with Crippen LogP contribution in [0.25, 0.3) is 0 Å². The normalized spacial score (nSPS) is 21.4. The van der Waals surface area contributed by atoms with Crippen LogP contribution in [0.2, 0.25) is 10.0 Å². The lowest BCUT2D eigenvalue weighted by atomic mass is 10.0. The van der Waals surface area contributed by atoms with Crippen molar-refractivity contribution < 1.29 is 10.2 Å². The molecule has 4 rings (SSSR count). The first kappa shape index (κ1) is 13.9. The molecule has 2 N–H and O–H groups in total. The summed E-state index contributed by atoms with van der Waals surface area (Å²) in [7, 11) is 1.75. The van der Waals surface area contributed by atoms with Crippen molar-refractivity contribution in [3.8, 4) is 11.8 Å². The lowest BCUT2D eigenvalue weighted by Crippen LogP contribution is -2.24. The highest BCUT2D eigenvalue weighted by molar-refractivity contribution is 6.42. The molecule has 4 nitrogen and oxygen atoms in total. The number of fused-ring (bicyclic) bond motifs is 5. The predicted molar refractivity (Wildman–Crippen MR) is 87.3 cm³/mol. The van der Waals surface area contributed by atoms with Gasteiger partial charge in [-0.3, -0.25) is 5.01 Å². The van der Waals surface area contributed by atoms with Gasteiger partial charge in [0.25, 0.3) is 0 Å². The van der Waals surface area contributed by atoms with Gasteiger partial charge in [0.15, 0.2) is 0 Å². The molecule has 2 aliphatic carbocycles. The number of aromatic hydroxyl groups is 2. The fourth-order valence-corrected chi connectivity index (χ4v) is 3.81. The number of halogens is 2. The number of rotatable bonds is 2. The Morgan fingerprint density at radius 1 is 1.05 bits per heavy atom. The van der Waals surface area contributed by atoms with Crippen molar-refractivity contribution in [2.45, 2.75) is 18.3 Å². The topological polar surface area (TPSA) is 48.6 Å². The van der Waals surface area contributed by atoms with E-state index in [1.165, 1.54) is 4.68 Å². The van der Waals surface area contributed by atoms with Crippen LogP contribution >= 0.6 is 23.2 Å². The Labute approximate surface area is 137 Å². The molecule has 22 heavy (non-hydrogen) atoms. The third-order valence-electron chi connectivity index (χ3n) is 4.58. The maximum absolute atomic E-state index is 10.6. The number of nitrogens with zero attached hydrogens (tertiary/aromatic N) is 2. The molecule has 0 radical (unpaired) electrons. The zero-order valence-corrected chi connectivity index (χ0v) is 13.3. The molecule has 0 saturated carbocycles. The highest BCUT2D eigenvalue weighted by Gasteiger charge is 2.41. The number of hydrogen-bond donors (Lipinski definition) is 2. The number of aromatic nitrogens is 1. The SMILES string of the molecule is CN(c1ccc(Cl)c(Cl)c1)n1c(O)c2c(c1O)C1C=CC2C1. The molecule has 2 bridgehead atoms. The lowest BCUT2D eigenvalue weighted by molar-refractivity contribution is 0.370. The van der Waals surface area contributed by atoms with Crippen LogP contribution in [0.1, 0.15) is 29.4 Å². The van der Waals surface area contributed by atoms with Crippen LogP contribution < -0.4 is 5.01 Å². The van der Waals surface area contributed by atoms with Gasteiger partial charge < -0.3 is 10.2 Å². The van der Waals surface area contributed by atoms with E-state index in [4.69, 9.17) is 23.2 Å². The van der Waals surface area contributed by atoms with Crippen LogP contribution in [0.3, 0.4) is 0 Å². The Morgan fingerprint density at radius 2 is 1.64 bits per heavy atom. The van der Waals surface area contributed by atoms with Crippen LogP contribution in [0.4, 0.5) is 5.69 Å². The highest BCUT2D eigenvalue weighted by atomic mass is 35.5. The molecule has 0 fully saturated rings. The number of hydrogen-bond acceptors (Lipinski definition) is 3. The Kier molecular flexibility index (Phi) is 2.90. The minimum atomic E-state index is 0.0814. The van der Waals surface area contributed by atoms with E-state index in [-0.39, 0.29) is 23.6 Å². The molecule has 2 unspecified atom stereocenters. The Bertz CT molecular complexity index is 777. The maximum Gasteiger partial charge on any atom is 0.217 e. The fourth-order valence-electron chi connectivity index (χ4n) is 3.51. The largest absolute Gasteiger partial charge is 0.493 e. The van der Waals surface area contributed by atoms with Gasteiger partial charge in [0.05, 0.1) is 15.7 Å². The van der Waals surface area contributed by atoms with Gasteiger partial charge in [-0.1, -0.05) is 35.4 Å². The van der Waals surface area contributed by atoms with Crippen molar-refractivity contribution in [1.82, 2.24) is 4.68 Å². The number of benzene rings is 1. The number of allylic oxidation sites excluding steroid dienone is 2. The quantitative estimate of drug-likeness (QED) is 0.806. The second kappa shape index (κ2) is 4.61. The van der Waals surface area contributed by atoms with E-state index in [1.807, 2.05) is 0 Å². The van der Waals surface area contributed by atoms with Crippen molar-refractivity contribution >= 4 is 28.9 Å². The molecule has 2 atom stereocenters. The molecule has 6 heteroatoms. The molecule has 0 amide bonds. The molecule has 2 aromatic rings. The summed E-state index contributed by atoms with van der Waals surface area (Å²) in [4.78, 5) is 0. The molecule has 114 valence electrons. The highest BCUT2D eigenvalue weighted by Crippen LogP contribution is 2.56. The summed E-state index contributed by atoms with van der Waals surface area (Å²) < 4.78 is 1.41. The second-order valence-corrected chi connectivity index (χ2v) is 6.56. The zero-order chi connectivity index (χ0) is 15.6. The van der Waals surface area contributed by atoms with Crippen LogP contribution in [0.15, 0.2) is 30.4 Å². The summed E-state index contributed by atoms with van der Waals surface area (Å²) in [5.41, 5.74) is 2.38. The van der Waals surface area contributed by atoms with Gasteiger partial charge in [0.2, 0.25) is 11.8 Å². The Hall–Kier alpha value is -1.78. The van der Waals surface area contributed by atoms with Crippen LogP contribution in [-0.2, 0) is 0 Å². The Balaban J connectivity index is 1.82. The Morgan fingerprint density at radius 3 is 2.18 bits per heavy atom. The molecule has 0 saturated heterocycles. The maximum atomic E-state index is 10.6. The van der Waals surface area contributed by atoms with E-state index in [2.05, 4.69) is 12.2 Å². The average Bonchev–Trinajstić information content (AvgIpc) is 3.16. The summed E-state index contributed by atoms with van der Waals surface area (Å²) in [5.74, 6) is 0.541. The summed E-state index contributed by atoms with van der Waals surface area (Å²) in [6.45, 7) is 0. The summed E-state index contributed by atoms with van der Waals surface area (Å²) in [6, 6.07) is 5.16. The molecule has 1 heterocycles. The summed E-state index contributed by atoms with van der Waals surface area (Å²) >= 11 is 12.0. The predicted octanol–water partition coefficient (Wildman–Crippen LogP) is 4.25. The van der Waals surface area contributed by atoms with E-state index in [9.17, 15) is 10.2 Å². The molecular weight excluding hydrogens is 323 g/mol. The van der Waals surface area contributed by atoms with E-state index in [0.29, 0.717) is 15.7 Å². The third-order valence-corrected chi connectivity index (χ3v) is 5.31. The van der Waals surface area contributed by atoms with Crippen molar-refractivity contribution in [3.05, 3.63) is 51.5 Å². The van der Waals surface area contributed by atoms with Gasteiger partial charge in [-0.25, -0.2) is 0 Å². The molecule has 1 aromatic heterocycles. The smallest absolute Gasteiger partial charge is 0.217 e. The van der Waals surface area contributed by atoms with Crippen molar-refractivity contribution in [2.24, 2.45) is 0 Å². The van der Waals surface area contributed by atoms with Crippen LogP contribution in [0, 0.1) is 0 Å². The van der Waals surface area contributed by atoms with E-state index >= 15 is 0 Å². The summed E-state index contributed by atoms with van der Waals surface area (Å²) in [6.07, 6.45) is 5.12. The van der Waals surface area contributed by atoms with E-state index < -0.39 is 0 Å². The van der Waals surface area contributed by atoms with Gasteiger partial charge in [-0.05, 0) is 24.6 Å². The standard InChI is InChI=1S/C16H14Cl2N2O2/c1-19(10-4-5-11(17)12(18)7-10)20-15(21)13-8-2-3-9(6-8)14(13)16(20)22/h2-5,7-9,21-22H,6H2,1H3. The fraction of sp³-hybridized carbons (Fsp3) is 0.250. The second-order valence-electron chi connectivity index (χ2n) is 5.74. The lowest BCUT2D eigenvalue weighted by Gasteiger charge is -2.23. The number of anilines is 1. The van der Waals surface area contributed by atoms with Gasteiger partial charge in [-0.2, -0.15) is 4.68 Å². The van der Waals surface area contributed by atoms with Gasteiger partial charge in [0.1, 0.15) is 0 Å². The first-order valence-corrected chi connectivity index (χ1v) is 7.78. The van der Waals surface area contributed by atoms with Crippen LogP contribution in [0.5, 0.6) is 11.8 Å². The third kappa shape index (κ3) is 1.71. The van der Waals surface area contributed by atoms with Gasteiger partial charge >= 0.3 is 0 Å². The molecular formula is C16H14Cl2N2O2. The van der Waals surface area contributed by atoms with Crippen molar-refractivity contribution in [3.63, 3.8) is 0 Å². The van der Waals surface area contributed by atoms with Gasteiger partial charge in [0, 0.05) is 30.0 Å². The van der Waals surface area contributed by atoms with E-state index in [0.717, 1.165) is 17.5 Å². The van der Waals surface area contributed by atoms with Crippen molar-refractivity contribution in [1.29, 1.82) is 0 Å². The van der Waals surface area contributed by atoms with Crippen molar-refractivity contribution in [2.75, 3.05) is 12.1 Å². The first-order chi connectivity index (χ1) is 10.5. The molecule has 1 aromatic carbocycles. The minimum Gasteiger partial charge on any atom is -0.493 e. The minimum absolute atomic E-state index is 0.0814. The molecule has 0 spiro atoms. The zero-order valence-electron chi connectivity index (χ0n) is 11.8. The summed E-state index contributed by atoms with van der Waals surface area (Å²) in [5, 5.41) is 23.7. The van der Waals surface area contributed by atoms with Gasteiger partial charge in [-0.15, -0.1) is 0 Å². The van der Waals surface area contributed by atoms with Crippen LogP contribution in [-0.4, -0.2) is 21.9 Å². The average molecular weight is 337 g/mol. The van der Waals surface area contributed by atoms with E-state index in [1.54, 1.807) is 30.3 Å². The first-order valence-electron chi connectivity index (χ1n) is 7.03. The molecule has 0 aliphatic heterocycles. The monoisotopic (exact) mass is 336 g/mol.